The molecule has 8 atom stereocenters. The molecule has 0 aliphatic carbocycles. The first-order valence-corrected chi connectivity index (χ1v) is 25.0. The number of aliphatic hydroxyl groups excluding tert-OH is 2. The molecular weight excluding hydrogens is 899 g/mol. The number of nitrogens with zero attached hydrogens (tertiary/aromatic N) is 4. The van der Waals surface area contributed by atoms with Crippen molar-refractivity contribution < 1.29 is 45.4 Å². The highest BCUT2D eigenvalue weighted by Gasteiger charge is 2.60. The Morgan fingerprint density at radius 3 is 1.27 bits per heavy atom. The van der Waals surface area contributed by atoms with Gasteiger partial charge in [0.1, 0.15) is 11.6 Å². The van der Waals surface area contributed by atoms with Crippen molar-refractivity contribution in [3.05, 3.63) is 151 Å². The zero-order chi connectivity index (χ0) is 47.8. The van der Waals surface area contributed by atoms with Crippen molar-refractivity contribution in [1.29, 1.82) is 0 Å². The molecule has 2 fully saturated rings. The smallest absolute Gasteiger partial charge is 0.258 e. The van der Waals surface area contributed by atoms with Gasteiger partial charge in [0.25, 0.3) is 11.1 Å². The van der Waals surface area contributed by atoms with Crippen molar-refractivity contribution in [2.24, 2.45) is 23.7 Å². The van der Waals surface area contributed by atoms with E-state index in [-0.39, 0.29) is 37.3 Å². The number of carbonyl (C=O) groups excluding carboxylic acids is 2. The highest BCUT2D eigenvalue weighted by atomic mass is 32.2. The summed E-state index contributed by atoms with van der Waals surface area (Å²) in [5, 5.41) is 25.9. The van der Waals surface area contributed by atoms with Gasteiger partial charge < -0.3 is 30.0 Å². The van der Waals surface area contributed by atoms with Crippen LogP contribution in [-0.4, -0.2) is 94.4 Å². The van der Waals surface area contributed by atoms with Crippen LogP contribution in [0.5, 0.6) is 0 Å². The first-order chi connectivity index (χ1) is 31.3. The van der Waals surface area contributed by atoms with Crippen LogP contribution in [0.4, 0.5) is 8.78 Å². The Kier molecular flexibility index (Phi) is 14.1. The van der Waals surface area contributed by atoms with Gasteiger partial charge in [-0.2, -0.15) is 8.61 Å². The minimum absolute atomic E-state index is 0.0517. The van der Waals surface area contributed by atoms with E-state index >= 15 is 0 Å². The number of aliphatic hydroxyl groups is 2. The second-order valence-electron chi connectivity index (χ2n) is 16.9. The lowest BCUT2D eigenvalue weighted by Crippen LogP contribution is -2.48. The fourth-order valence-corrected chi connectivity index (χ4v) is 12.8. The number of benzene rings is 2. The van der Waals surface area contributed by atoms with E-state index < -0.39 is 105 Å². The average molecular weight is 951 g/mol. The van der Waals surface area contributed by atoms with Crippen molar-refractivity contribution in [1.82, 2.24) is 28.4 Å². The van der Waals surface area contributed by atoms with Gasteiger partial charge in [-0.15, -0.1) is 0 Å². The van der Waals surface area contributed by atoms with Gasteiger partial charge in [-0.3, -0.25) is 19.2 Å². The summed E-state index contributed by atoms with van der Waals surface area (Å²) in [5.74, 6) is -4.82. The van der Waals surface area contributed by atoms with Crippen LogP contribution < -0.4 is 21.8 Å². The fraction of sp³-hybridized carbons (Fsp3) is 0.391. The molecule has 4 aliphatic rings. The van der Waals surface area contributed by atoms with Crippen LogP contribution in [0.25, 0.3) is 12.2 Å². The maximum Gasteiger partial charge on any atom is 0.258 e. The van der Waals surface area contributed by atoms with Crippen molar-refractivity contribution in [2.45, 2.75) is 64.2 Å². The Morgan fingerprint density at radius 1 is 0.621 bits per heavy atom. The van der Waals surface area contributed by atoms with Gasteiger partial charge in [0.2, 0.25) is 31.9 Å². The fourth-order valence-electron chi connectivity index (χ4n) is 10.1. The summed E-state index contributed by atoms with van der Waals surface area (Å²) in [6.45, 7) is 3.11. The summed E-state index contributed by atoms with van der Waals surface area (Å²) >= 11 is 0. The van der Waals surface area contributed by atoms with Crippen LogP contribution in [-0.2, 0) is 55.8 Å². The van der Waals surface area contributed by atoms with Gasteiger partial charge >= 0.3 is 0 Å². The zero-order valence-corrected chi connectivity index (χ0v) is 38.3. The van der Waals surface area contributed by atoms with Crippen LogP contribution in [0, 0.1) is 35.3 Å². The van der Waals surface area contributed by atoms with E-state index in [1.165, 1.54) is 42.0 Å². The number of hydrogen-bond acceptors (Lipinski definition) is 10. The third-order valence-electron chi connectivity index (χ3n) is 12.9. The molecule has 4 N–H and O–H groups in total. The number of rotatable bonds is 12. The third kappa shape index (κ3) is 9.21. The highest BCUT2D eigenvalue weighted by molar-refractivity contribution is 7.88. The number of halogens is 2. The topological polar surface area (TPSA) is 217 Å². The van der Waals surface area contributed by atoms with Gasteiger partial charge in [-0.25, -0.2) is 25.6 Å². The second-order valence-corrected chi connectivity index (χ2v) is 20.7. The average Bonchev–Trinajstić information content (AvgIpc) is 3.69. The van der Waals surface area contributed by atoms with Crippen molar-refractivity contribution in [2.75, 3.05) is 25.7 Å². The predicted molar refractivity (Wildman–Crippen MR) is 242 cm³/mol. The van der Waals surface area contributed by atoms with Gasteiger partial charge in [0.05, 0.1) is 36.4 Å². The van der Waals surface area contributed by atoms with Crippen LogP contribution in [0.15, 0.2) is 94.5 Å². The minimum atomic E-state index is -3.75. The molecule has 20 heteroatoms. The van der Waals surface area contributed by atoms with E-state index in [1.807, 2.05) is 0 Å². The number of amides is 2. The molecule has 6 heterocycles. The molecule has 2 aromatic heterocycles. The molecule has 0 saturated carbocycles. The van der Waals surface area contributed by atoms with Gasteiger partial charge in [-0.05, 0) is 73.5 Å². The van der Waals surface area contributed by atoms with Crippen molar-refractivity contribution >= 4 is 44.0 Å². The molecule has 352 valence electrons. The van der Waals surface area contributed by atoms with Crippen LogP contribution in [0.2, 0.25) is 0 Å². The summed E-state index contributed by atoms with van der Waals surface area (Å²) in [5.41, 5.74) is 2.60. The van der Waals surface area contributed by atoms with E-state index in [1.54, 1.807) is 86.7 Å². The number of pyridine rings is 2. The molecule has 2 amide bonds. The maximum absolute atomic E-state index is 13.3. The Labute approximate surface area is 381 Å². The largest absolute Gasteiger partial charge is 0.396 e. The maximum atomic E-state index is 13.3. The summed E-state index contributed by atoms with van der Waals surface area (Å²) in [6, 6.07) is 14.6. The minimum Gasteiger partial charge on any atom is -0.396 e. The van der Waals surface area contributed by atoms with Crippen LogP contribution in [0.1, 0.15) is 59.6 Å². The Hall–Kier alpha value is -5.64. The van der Waals surface area contributed by atoms with E-state index in [4.69, 9.17) is 0 Å². The van der Waals surface area contributed by atoms with Crippen molar-refractivity contribution in [3.8, 4) is 0 Å². The molecule has 66 heavy (non-hydrogen) atoms. The lowest BCUT2D eigenvalue weighted by molar-refractivity contribution is -0.128. The molecule has 8 rings (SSSR count). The lowest BCUT2D eigenvalue weighted by Gasteiger charge is -2.36. The predicted octanol–water partition coefficient (Wildman–Crippen LogP) is 2.52. The lowest BCUT2D eigenvalue weighted by atomic mass is 9.86. The number of nitrogens with one attached hydrogen (secondary N) is 2. The van der Waals surface area contributed by atoms with Gasteiger partial charge in [0, 0.05) is 85.8 Å². The van der Waals surface area contributed by atoms with E-state index in [0.29, 0.717) is 33.6 Å². The Morgan fingerprint density at radius 2 is 0.970 bits per heavy atom. The standard InChI is InChI=1S/2C23H26FN3O5S/c2*1-3-4-15-7-10-18-21-20(22(29)25-11-14-5-8-16(24)9-6-14)17(13-28)19(12-26(18)23(15)30)27(21)33(2,31)32/h2*3-10,17,19-21,28H,11-13H2,1-2H3,(H,25,29)/b4-3+;4-3-/t2*17-,19-,20+,21+/m00/s1. The summed E-state index contributed by atoms with van der Waals surface area (Å²) in [7, 11) is -7.50. The number of sulfonamides is 2. The summed E-state index contributed by atoms with van der Waals surface area (Å²) < 4.78 is 82.8. The second kappa shape index (κ2) is 19.3. The van der Waals surface area contributed by atoms with E-state index in [0.717, 1.165) is 12.5 Å². The quantitative estimate of drug-likeness (QED) is 0.163. The molecule has 2 saturated heterocycles. The number of aromatic nitrogens is 2. The number of hydrogen-bond donors (Lipinski definition) is 4. The normalized spacial score (nSPS) is 24.7. The summed E-state index contributed by atoms with van der Waals surface area (Å²) in [6.07, 6.45) is 8.98. The molecule has 0 unspecified atom stereocenters. The first-order valence-electron chi connectivity index (χ1n) is 21.3. The van der Waals surface area contributed by atoms with Crippen LogP contribution in [0.3, 0.4) is 0 Å². The summed E-state index contributed by atoms with van der Waals surface area (Å²) in [4.78, 5) is 52.7. The molecule has 0 spiro atoms. The number of allylic oxidation sites excluding steroid dienone is 2. The van der Waals surface area contributed by atoms with E-state index in [2.05, 4.69) is 10.6 Å². The van der Waals surface area contributed by atoms with Crippen molar-refractivity contribution in [3.63, 3.8) is 0 Å². The Balaban J connectivity index is 0.000000196. The molecular formula is C46H52F2N6O10S2. The molecule has 4 bridgehead atoms. The molecule has 0 radical (unpaired) electrons. The van der Waals surface area contributed by atoms with Gasteiger partial charge in [-0.1, -0.05) is 48.6 Å². The zero-order valence-electron chi connectivity index (χ0n) is 36.6. The van der Waals surface area contributed by atoms with Gasteiger partial charge in [0.15, 0.2) is 0 Å². The molecule has 4 aliphatic heterocycles. The third-order valence-corrected chi connectivity index (χ3v) is 15.4. The monoisotopic (exact) mass is 950 g/mol. The molecule has 4 aromatic rings. The SMILES string of the molecule is C/C=C/c1ccc2n(c1=O)C[C@H]1[C@H](CO)[C@@H](C(=O)NCc3ccc(F)cc3)[C@@H]2N1S(C)(=O)=O.C/C=C\c1ccc2n(c1=O)C[C@H]1[C@H](CO)[C@@H](C(=O)NCc3ccc(F)cc3)[C@@H]2N1S(C)(=O)=O. The highest BCUT2D eigenvalue weighted by Crippen LogP contribution is 2.51. The van der Waals surface area contributed by atoms with E-state index in [9.17, 15) is 55.0 Å². The Bertz CT molecular complexity index is 2710. The molecule has 16 nitrogen and oxygen atoms in total. The van der Waals surface area contributed by atoms with Crippen LogP contribution >= 0.6 is 0 Å². The first kappa shape index (κ1) is 48.3. The number of fused-ring (bicyclic) bond motifs is 8. The number of carbonyl (C=O) groups is 2. The molecule has 2 aromatic carbocycles.